The third-order valence-corrected chi connectivity index (χ3v) is 7.54. The first-order valence-electron chi connectivity index (χ1n) is 10.9. The fourth-order valence-corrected chi connectivity index (χ4v) is 5.78. The minimum absolute atomic E-state index is 0.0910. The van der Waals surface area contributed by atoms with Gasteiger partial charge in [0, 0.05) is 31.4 Å². The van der Waals surface area contributed by atoms with E-state index in [0.717, 1.165) is 25.8 Å². The van der Waals surface area contributed by atoms with Crippen LogP contribution in [0.5, 0.6) is 6.01 Å². The van der Waals surface area contributed by atoms with E-state index >= 15 is 0 Å². The van der Waals surface area contributed by atoms with E-state index in [4.69, 9.17) is 4.74 Å². The highest BCUT2D eigenvalue weighted by atomic mass is 79.9. The van der Waals surface area contributed by atoms with Crippen LogP contribution in [0.1, 0.15) is 39.0 Å². The molecule has 3 saturated heterocycles. The number of anilines is 1. The molecule has 3 fully saturated rings. The first-order chi connectivity index (χ1) is 14.8. The molecule has 1 unspecified atom stereocenters. The average Bonchev–Trinajstić information content (AvgIpc) is 3.24. The number of β-amino-alcohol motifs (C(OH)–C–C–N with tert-alkyl or cyclic N) is 1. The zero-order valence-corrected chi connectivity index (χ0v) is 19.2. The molecule has 0 radical (unpaired) electrons. The molecule has 0 saturated carbocycles. The van der Waals surface area contributed by atoms with Crippen molar-refractivity contribution in [2.24, 2.45) is 0 Å². The molecule has 0 spiro atoms. The Morgan fingerprint density at radius 1 is 1.26 bits per heavy atom. The van der Waals surface area contributed by atoms with Crippen LogP contribution in [-0.2, 0) is 0 Å². The largest absolute Gasteiger partial charge is 0.461 e. The van der Waals surface area contributed by atoms with Gasteiger partial charge in [0.25, 0.3) is 0 Å². The van der Waals surface area contributed by atoms with Gasteiger partial charge in [-0.2, -0.15) is 9.97 Å². The highest BCUT2D eigenvalue weighted by Crippen LogP contribution is 2.41. The Morgan fingerprint density at radius 2 is 2.06 bits per heavy atom. The number of alkyl halides is 1. The maximum Gasteiger partial charge on any atom is 0.319 e. The van der Waals surface area contributed by atoms with Crippen LogP contribution in [0.3, 0.4) is 0 Å². The van der Waals surface area contributed by atoms with E-state index < -0.39 is 17.6 Å². The molecular weight excluding hydrogens is 470 g/mol. The molecule has 6 nitrogen and oxygen atoms in total. The Kier molecular flexibility index (Phi) is 5.34. The molecule has 0 amide bonds. The van der Waals surface area contributed by atoms with Gasteiger partial charge < -0.3 is 14.7 Å². The Morgan fingerprint density at radius 3 is 2.87 bits per heavy atom. The Labute approximate surface area is 188 Å². The fraction of sp³-hybridized carbons (Fsp3) is 0.636. The van der Waals surface area contributed by atoms with Gasteiger partial charge in [-0.05, 0) is 67.2 Å². The van der Waals surface area contributed by atoms with Gasteiger partial charge >= 0.3 is 6.01 Å². The Bertz CT molecular complexity index is 1010. The number of aromatic nitrogens is 2. The molecule has 3 aliphatic rings. The summed E-state index contributed by atoms with van der Waals surface area (Å²) in [6, 6.07) is 3.52. The van der Waals surface area contributed by atoms with Gasteiger partial charge in [-0.15, -0.1) is 0 Å². The monoisotopic (exact) mass is 496 g/mol. The van der Waals surface area contributed by atoms with E-state index in [2.05, 4.69) is 30.8 Å². The Hall–Kier alpha value is -1.58. The highest BCUT2D eigenvalue weighted by Gasteiger charge is 2.49. The predicted octanol–water partition coefficient (Wildman–Crippen LogP) is 3.84. The van der Waals surface area contributed by atoms with Gasteiger partial charge in [0.15, 0.2) is 5.82 Å². The Balaban J connectivity index is 1.50. The molecule has 0 bridgehead atoms. The molecule has 31 heavy (non-hydrogen) atoms. The van der Waals surface area contributed by atoms with Gasteiger partial charge in [0.05, 0.1) is 15.6 Å². The van der Waals surface area contributed by atoms with Crippen LogP contribution >= 0.6 is 15.9 Å². The van der Waals surface area contributed by atoms with Crippen molar-refractivity contribution in [3.63, 3.8) is 0 Å². The van der Waals surface area contributed by atoms with Crippen LogP contribution in [0, 0.1) is 5.82 Å². The summed E-state index contributed by atoms with van der Waals surface area (Å²) in [5, 5.41) is 11.2. The lowest BCUT2D eigenvalue weighted by atomic mass is 9.95. The normalized spacial score (nSPS) is 31.4. The molecule has 3 aliphatic heterocycles. The zero-order valence-electron chi connectivity index (χ0n) is 17.6. The van der Waals surface area contributed by atoms with Crippen molar-refractivity contribution in [1.29, 1.82) is 0 Å². The van der Waals surface area contributed by atoms with Crippen LogP contribution in [0.2, 0.25) is 0 Å². The summed E-state index contributed by atoms with van der Waals surface area (Å²) in [4.78, 5) is 13.2. The lowest BCUT2D eigenvalue weighted by Crippen LogP contribution is -2.46. The fourth-order valence-electron chi connectivity index (χ4n) is 5.46. The third kappa shape index (κ3) is 3.89. The summed E-state index contributed by atoms with van der Waals surface area (Å²) in [5.41, 5.74) is -0.994. The maximum atomic E-state index is 15.0. The third-order valence-electron chi connectivity index (χ3n) is 6.92. The van der Waals surface area contributed by atoms with Gasteiger partial charge in [0.2, 0.25) is 0 Å². The summed E-state index contributed by atoms with van der Waals surface area (Å²) in [5.74, 6) is 0.0852. The van der Waals surface area contributed by atoms with Crippen molar-refractivity contribution in [3.05, 3.63) is 22.4 Å². The number of fused-ring (bicyclic) bond motifs is 2. The minimum Gasteiger partial charge on any atom is -0.461 e. The molecule has 5 rings (SSSR count). The quantitative estimate of drug-likeness (QED) is 0.693. The number of hydrogen-bond acceptors (Lipinski definition) is 6. The molecular formula is C22H27BrF2N4O2. The van der Waals surface area contributed by atoms with Crippen molar-refractivity contribution >= 4 is 32.7 Å². The van der Waals surface area contributed by atoms with Crippen molar-refractivity contribution in [1.82, 2.24) is 14.9 Å². The molecule has 0 aliphatic carbocycles. The summed E-state index contributed by atoms with van der Waals surface area (Å²) < 4.78 is 35.4. The van der Waals surface area contributed by atoms with E-state index in [1.807, 2.05) is 4.90 Å². The van der Waals surface area contributed by atoms with Gasteiger partial charge in [0.1, 0.15) is 24.1 Å². The first-order valence-corrected chi connectivity index (χ1v) is 11.7. The van der Waals surface area contributed by atoms with Crippen molar-refractivity contribution < 1.29 is 18.6 Å². The second kappa shape index (κ2) is 7.78. The molecule has 2 aromatic rings. The van der Waals surface area contributed by atoms with Crippen LogP contribution in [0.4, 0.5) is 14.6 Å². The van der Waals surface area contributed by atoms with Crippen LogP contribution in [0.25, 0.3) is 10.9 Å². The summed E-state index contributed by atoms with van der Waals surface area (Å²) in [6.07, 6.45) is 3.01. The van der Waals surface area contributed by atoms with E-state index in [1.165, 1.54) is 0 Å². The van der Waals surface area contributed by atoms with Gasteiger partial charge in [-0.3, -0.25) is 4.90 Å². The first kappa shape index (κ1) is 21.3. The number of rotatable bonds is 4. The number of piperidine rings is 1. The van der Waals surface area contributed by atoms with E-state index in [1.54, 1.807) is 19.1 Å². The molecule has 1 N–H and O–H groups in total. The number of nitrogens with zero attached hydrogens (tertiary/aromatic N) is 4. The van der Waals surface area contributed by atoms with Crippen LogP contribution < -0.4 is 9.64 Å². The van der Waals surface area contributed by atoms with Crippen LogP contribution in [-0.4, -0.2) is 70.1 Å². The van der Waals surface area contributed by atoms with Crippen molar-refractivity contribution in [2.45, 2.75) is 56.3 Å². The number of ether oxygens (including phenoxy) is 1. The highest BCUT2D eigenvalue weighted by molar-refractivity contribution is 9.10. The average molecular weight is 497 g/mol. The van der Waals surface area contributed by atoms with Crippen molar-refractivity contribution in [3.8, 4) is 6.01 Å². The van der Waals surface area contributed by atoms with E-state index in [0.29, 0.717) is 48.2 Å². The zero-order chi connectivity index (χ0) is 21.8. The predicted molar refractivity (Wildman–Crippen MR) is 118 cm³/mol. The number of halogens is 3. The second-order valence-corrected chi connectivity index (χ2v) is 10.3. The van der Waals surface area contributed by atoms with E-state index in [9.17, 15) is 13.9 Å². The van der Waals surface area contributed by atoms with E-state index in [-0.39, 0.29) is 23.7 Å². The number of aliphatic hydroxyl groups is 1. The molecule has 1 aromatic carbocycles. The smallest absolute Gasteiger partial charge is 0.319 e. The maximum absolute atomic E-state index is 15.0. The van der Waals surface area contributed by atoms with Gasteiger partial charge in [-0.1, -0.05) is 0 Å². The SMILES string of the molecule is CC1(O)CCCN(c2nc(OC[C@@]34CCCN3C[C@H](F)C4)nc3c(F)c(Br)ccc23)C1. The molecule has 9 heteroatoms. The second-order valence-electron chi connectivity index (χ2n) is 9.47. The molecule has 3 atom stereocenters. The lowest BCUT2D eigenvalue weighted by Gasteiger charge is -2.38. The number of benzene rings is 1. The standard InChI is InChI=1S/C22H27BrF2N4O2/c1-21(30)6-2-8-28(12-21)19-15-4-5-16(23)17(25)18(15)26-20(27-19)31-13-22-7-3-9-29(22)11-14(24)10-22/h4-5,14,30H,2-3,6-13H2,1H3/t14-,21?,22+/m1/s1. The van der Waals surface area contributed by atoms with Crippen LogP contribution in [0.15, 0.2) is 16.6 Å². The molecule has 1 aromatic heterocycles. The summed E-state index contributed by atoms with van der Waals surface area (Å²) in [7, 11) is 0. The molecule has 168 valence electrons. The minimum atomic E-state index is -0.846. The van der Waals surface area contributed by atoms with Crippen molar-refractivity contribution in [2.75, 3.05) is 37.7 Å². The summed E-state index contributed by atoms with van der Waals surface area (Å²) in [6.45, 7) is 4.51. The van der Waals surface area contributed by atoms with Gasteiger partial charge in [-0.25, -0.2) is 8.78 Å². The number of hydrogen-bond donors (Lipinski definition) is 1. The molecule has 4 heterocycles. The lowest BCUT2D eigenvalue weighted by molar-refractivity contribution is 0.0447. The topological polar surface area (TPSA) is 61.7 Å². The summed E-state index contributed by atoms with van der Waals surface area (Å²) >= 11 is 3.24.